The molecule has 2 aromatic rings. The summed E-state index contributed by atoms with van der Waals surface area (Å²) in [5.74, 6) is 1.40. The standard InChI is InChI=1S/C18H26N4O2/c1-4-15(12-23)20-18(24)21-16-7-5-6-14(10-16)11-22-9-8-19-17(22)13(2)3/h5-10,13,15,23H,4,11-12H2,1-3H3,(H2,20,21,24)/t15-/m1/s1. The van der Waals surface area contributed by atoms with Crippen LogP contribution in [0.5, 0.6) is 0 Å². The monoisotopic (exact) mass is 330 g/mol. The zero-order valence-corrected chi connectivity index (χ0v) is 14.5. The average Bonchev–Trinajstić information content (AvgIpc) is 3.01. The van der Waals surface area contributed by atoms with Gasteiger partial charge in [-0.15, -0.1) is 0 Å². The maximum absolute atomic E-state index is 12.0. The molecule has 2 amide bonds. The molecule has 0 aliphatic rings. The number of nitrogens with zero attached hydrogens (tertiary/aromatic N) is 2. The summed E-state index contributed by atoms with van der Waals surface area (Å²) in [6.45, 7) is 6.79. The number of urea groups is 1. The lowest BCUT2D eigenvalue weighted by Crippen LogP contribution is -2.39. The Bertz CT molecular complexity index is 663. The maximum atomic E-state index is 12.0. The summed E-state index contributed by atoms with van der Waals surface area (Å²) < 4.78 is 2.11. The molecule has 1 atom stereocenters. The van der Waals surface area contributed by atoms with E-state index >= 15 is 0 Å². The summed E-state index contributed by atoms with van der Waals surface area (Å²) in [4.78, 5) is 16.4. The van der Waals surface area contributed by atoms with E-state index < -0.39 is 0 Å². The van der Waals surface area contributed by atoms with Crippen molar-refractivity contribution in [2.45, 2.75) is 45.7 Å². The molecule has 0 aliphatic heterocycles. The Hall–Kier alpha value is -2.34. The van der Waals surface area contributed by atoms with E-state index in [4.69, 9.17) is 5.11 Å². The van der Waals surface area contributed by atoms with Crippen LogP contribution in [0.25, 0.3) is 0 Å². The molecule has 0 radical (unpaired) electrons. The van der Waals surface area contributed by atoms with E-state index in [1.165, 1.54) is 0 Å². The molecule has 0 bridgehead atoms. The topological polar surface area (TPSA) is 79.2 Å². The van der Waals surface area contributed by atoms with Crippen molar-refractivity contribution in [3.05, 3.63) is 48.0 Å². The molecule has 24 heavy (non-hydrogen) atoms. The SMILES string of the molecule is CC[C@H](CO)NC(=O)Nc1cccc(Cn2ccnc2C(C)C)c1. The van der Waals surface area contributed by atoms with Gasteiger partial charge in [-0.1, -0.05) is 32.9 Å². The number of carbonyl (C=O) groups is 1. The van der Waals surface area contributed by atoms with E-state index in [2.05, 4.69) is 34.0 Å². The number of aromatic nitrogens is 2. The summed E-state index contributed by atoms with van der Waals surface area (Å²) in [6, 6.07) is 7.20. The molecule has 6 nitrogen and oxygen atoms in total. The summed E-state index contributed by atoms with van der Waals surface area (Å²) in [5.41, 5.74) is 1.81. The third-order valence-electron chi connectivity index (χ3n) is 3.85. The van der Waals surface area contributed by atoms with Crippen molar-refractivity contribution >= 4 is 11.7 Å². The zero-order valence-electron chi connectivity index (χ0n) is 14.5. The molecule has 1 heterocycles. The number of nitrogens with one attached hydrogen (secondary N) is 2. The summed E-state index contributed by atoms with van der Waals surface area (Å²) in [7, 11) is 0. The minimum absolute atomic E-state index is 0.0669. The molecule has 3 N–H and O–H groups in total. The van der Waals surface area contributed by atoms with Crippen LogP contribution in [-0.4, -0.2) is 33.3 Å². The molecule has 0 aliphatic carbocycles. The highest BCUT2D eigenvalue weighted by Crippen LogP contribution is 2.16. The number of aliphatic hydroxyl groups excluding tert-OH is 1. The first-order valence-corrected chi connectivity index (χ1v) is 8.31. The minimum atomic E-state index is -0.307. The van der Waals surface area contributed by atoms with E-state index in [1.54, 1.807) is 0 Å². The third kappa shape index (κ3) is 4.83. The van der Waals surface area contributed by atoms with Gasteiger partial charge in [0.1, 0.15) is 5.82 Å². The second-order valence-electron chi connectivity index (χ2n) is 6.15. The predicted octanol–water partition coefficient (Wildman–Crippen LogP) is 2.95. The molecule has 0 fully saturated rings. The van der Waals surface area contributed by atoms with E-state index in [0.717, 1.165) is 17.1 Å². The van der Waals surface area contributed by atoms with Crippen LogP contribution in [0, 0.1) is 0 Å². The van der Waals surface area contributed by atoms with Gasteiger partial charge in [0.15, 0.2) is 0 Å². The first-order valence-electron chi connectivity index (χ1n) is 8.31. The zero-order chi connectivity index (χ0) is 17.5. The van der Waals surface area contributed by atoms with Crippen LogP contribution in [0.3, 0.4) is 0 Å². The Labute approximate surface area is 142 Å². The largest absolute Gasteiger partial charge is 0.394 e. The molecule has 0 unspecified atom stereocenters. The van der Waals surface area contributed by atoms with Crippen molar-refractivity contribution in [2.75, 3.05) is 11.9 Å². The number of hydrogen-bond donors (Lipinski definition) is 3. The van der Waals surface area contributed by atoms with Gasteiger partial charge in [-0.05, 0) is 24.1 Å². The summed E-state index contributed by atoms with van der Waals surface area (Å²) in [5, 5.41) is 14.7. The van der Waals surface area contributed by atoms with Crippen molar-refractivity contribution < 1.29 is 9.90 Å². The molecular weight excluding hydrogens is 304 g/mol. The van der Waals surface area contributed by atoms with Gasteiger partial charge in [0, 0.05) is 30.5 Å². The lowest BCUT2D eigenvalue weighted by molar-refractivity contribution is 0.222. The van der Waals surface area contributed by atoms with Crippen LogP contribution in [0.4, 0.5) is 10.5 Å². The van der Waals surface area contributed by atoms with Gasteiger partial charge in [-0.2, -0.15) is 0 Å². The molecule has 130 valence electrons. The highest BCUT2D eigenvalue weighted by molar-refractivity contribution is 5.89. The molecule has 0 saturated heterocycles. The van der Waals surface area contributed by atoms with Crippen LogP contribution in [0.2, 0.25) is 0 Å². The van der Waals surface area contributed by atoms with Crippen LogP contribution in [-0.2, 0) is 6.54 Å². The maximum Gasteiger partial charge on any atom is 0.319 e. The normalized spacial score (nSPS) is 12.2. The van der Waals surface area contributed by atoms with Crippen molar-refractivity contribution in [2.24, 2.45) is 0 Å². The molecule has 0 saturated carbocycles. The number of anilines is 1. The number of hydrogen-bond acceptors (Lipinski definition) is 3. The van der Waals surface area contributed by atoms with E-state index in [-0.39, 0.29) is 18.7 Å². The van der Waals surface area contributed by atoms with Crippen molar-refractivity contribution in [1.29, 1.82) is 0 Å². The Morgan fingerprint density at radius 1 is 1.38 bits per heavy atom. The Balaban J connectivity index is 2.03. The molecule has 1 aromatic carbocycles. The fraction of sp³-hybridized carbons (Fsp3) is 0.444. The predicted molar refractivity (Wildman–Crippen MR) is 95.2 cm³/mol. The van der Waals surface area contributed by atoms with Crippen molar-refractivity contribution in [1.82, 2.24) is 14.9 Å². The Morgan fingerprint density at radius 2 is 2.17 bits per heavy atom. The van der Waals surface area contributed by atoms with E-state index in [0.29, 0.717) is 18.9 Å². The molecular formula is C18H26N4O2. The van der Waals surface area contributed by atoms with Gasteiger partial charge >= 0.3 is 6.03 Å². The number of imidazole rings is 1. The highest BCUT2D eigenvalue weighted by Gasteiger charge is 2.10. The Kier molecular flexibility index (Phi) is 6.37. The number of aliphatic hydroxyl groups is 1. The molecule has 0 spiro atoms. The highest BCUT2D eigenvalue weighted by atomic mass is 16.3. The third-order valence-corrected chi connectivity index (χ3v) is 3.85. The first-order chi connectivity index (χ1) is 11.5. The second-order valence-corrected chi connectivity index (χ2v) is 6.15. The lowest BCUT2D eigenvalue weighted by atomic mass is 10.1. The lowest BCUT2D eigenvalue weighted by Gasteiger charge is -2.15. The van der Waals surface area contributed by atoms with Gasteiger partial charge in [0.05, 0.1) is 12.6 Å². The van der Waals surface area contributed by atoms with Crippen LogP contribution < -0.4 is 10.6 Å². The van der Waals surface area contributed by atoms with Crippen LogP contribution in [0.1, 0.15) is 44.5 Å². The molecule has 1 aromatic heterocycles. The number of amides is 2. The summed E-state index contributed by atoms with van der Waals surface area (Å²) in [6.07, 6.45) is 4.46. The van der Waals surface area contributed by atoms with Gasteiger partial charge in [-0.25, -0.2) is 9.78 Å². The van der Waals surface area contributed by atoms with Crippen molar-refractivity contribution in [3.8, 4) is 0 Å². The molecule has 6 heteroatoms. The van der Waals surface area contributed by atoms with Crippen LogP contribution in [0.15, 0.2) is 36.7 Å². The fourth-order valence-corrected chi connectivity index (χ4v) is 2.53. The minimum Gasteiger partial charge on any atom is -0.394 e. The quantitative estimate of drug-likeness (QED) is 0.730. The van der Waals surface area contributed by atoms with Crippen molar-refractivity contribution in [3.63, 3.8) is 0 Å². The van der Waals surface area contributed by atoms with Gasteiger partial charge in [0.2, 0.25) is 0 Å². The van der Waals surface area contributed by atoms with E-state index in [1.807, 2.05) is 43.6 Å². The average molecular weight is 330 g/mol. The fourth-order valence-electron chi connectivity index (χ4n) is 2.53. The number of rotatable bonds is 7. The van der Waals surface area contributed by atoms with Gasteiger partial charge in [0.25, 0.3) is 0 Å². The first kappa shape index (κ1) is 18.0. The second kappa shape index (κ2) is 8.49. The Morgan fingerprint density at radius 3 is 2.83 bits per heavy atom. The summed E-state index contributed by atoms with van der Waals surface area (Å²) >= 11 is 0. The van der Waals surface area contributed by atoms with Gasteiger partial charge in [-0.3, -0.25) is 0 Å². The number of carbonyl (C=O) groups excluding carboxylic acids is 1. The number of benzene rings is 1. The molecule has 2 rings (SSSR count). The van der Waals surface area contributed by atoms with Gasteiger partial charge < -0.3 is 20.3 Å². The van der Waals surface area contributed by atoms with E-state index in [9.17, 15) is 4.79 Å². The smallest absolute Gasteiger partial charge is 0.319 e. The van der Waals surface area contributed by atoms with Crippen LogP contribution >= 0.6 is 0 Å².